The molecule has 11 heteroatoms. The molecule has 0 saturated heterocycles. The van der Waals surface area contributed by atoms with Gasteiger partial charge in [0.1, 0.15) is 17.3 Å². The molecular weight excluding hydrogens is 498 g/mol. The number of hydrogen-bond donors (Lipinski definition) is 4. The Morgan fingerprint density at radius 1 is 0.821 bits per heavy atom. The fourth-order valence-electron chi connectivity index (χ4n) is 3.50. The van der Waals surface area contributed by atoms with Crippen LogP contribution in [0.2, 0.25) is 0 Å². The number of anilines is 5. The molecule has 3 aromatic carbocycles. The van der Waals surface area contributed by atoms with Crippen molar-refractivity contribution in [2.45, 2.75) is 0 Å². The van der Waals surface area contributed by atoms with Crippen molar-refractivity contribution in [3.8, 4) is 17.1 Å². The molecule has 0 unspecified atom stereocenters. The molecule has 0 amide bonds. The maximum Gasteiger partial charge on any atom is 0.335 e. The van der Waals surface area contributed by atoms with Gasteiger partial charge in [-0.1, -0.05) is 30.3 Å². The quantitative estimate of drug-likeness (QED) is 0.132. The molecule has 0 fully saturated rings. The molecule has 5 aromatic rings. The van der Waals surface area contributed by atoms with Crippen molar-refractivity contribution in [1.29, 1.82) is 0 Å². The molecule has 0 bridgehead atoms. The van der Waals surface area contributed by atoms with E-state index in [2.05, 4.69) is 36.1 Å². The molecule has 5 rings (SSSR count). The Labute approximate surface area is 223 Å². The Morgan fingerprint density at radius 2 is 1.46 bits per heavy atom. The van der Waals surface area contributed by atoms with Crippen molar-refractivity contribution in [2.75, 3.05) is 23.2 Å². The molecule has 0 spiro atoms. The summed E-state index contributed by atoms with van der Waals surface area (Å²) in [7, 11) is 1.61. The summed E-state index contributed by atoms with van der Waals surface area (Å²) in [6, 6.07) is 26.8. The first-order valence-electron chi connectivity index (χ1n) is 11.8. The second-order valence-electron chi connectivity index (χ2n) is 8.11. The first-order chi connectivity index (χ1) is 19.1. The molecule has 4 N–H and O–H groups in total. The Hall–Kier alpha value is -5.71. The number of hydrazone groups is 1. The van der Waals surface area contributed by atoms with Gasteiger partial charge in [0.15, 0.2) is 0 Å². The predicted molar refractivity (Wildman–Crippen MR) is 148 cm³/mol. The number of carbonyl (C=O) groups is 1. The third-order valence-electron chi connectivity index (χ3n) is 5.41. The van der Waals surface area contributed by atoms with Gasteiger partial charge in [-0.05, 0) is 60.7 Å². The van der Waals surface area contributed by atoms with Gasteiger partial charge in [0.25, 0.3) is 0 Å². The Balaban J connectivity index is 1.32. The van der Waals surface area contributed by atoms with E-state index in [1.165, 1.54) is 18.3 Å². The van der Waals surface area contributed by atoms with Crippen molar-refractivity contribution >= 4 is 41.4 Å². The number of para-hydroxylation sites is 1. The summed E-state index contributed by atoms with van der Waals surface area (Å²) >= 11 is 0. The van der Waals surface area contributed by atoms with Gasteiger partial charge in [-0.25, -0.2) is 10.2 Å². The number of nitrogens with one attached hydrogen (secondary N) is 3. The van der Waals surface area contributed by atoms with Crippen molar-refractivity contribution < 1.29 is 19.1 Å². The third-order valence-corrected chi connectivity index (χ3v) is 5.41. The highest BCUT2D eigenvalue weighted by molar-refractivity contribution is 5.88. The van der Waals surface area contributed by atoms with Crippen molar-refractivity contribution in [2.24, 2.45) is 5.10 Å². The van der Waals surface area contributed by atoms with Crippen LogP contribution in [0.1, 0.15) is 16.1 Å². The number of aromatic carboxylic acids is 1. The SMILES string of the molecule is COc1ccc(Nc2nc(NN=Cc3ccc(-c4ccc(C(=O)O)cc4)o3)nc(Nc3ccccc3)n2)cc1. The minimum Gasteiger partial charge on any atom is -0.497 e. The summed E-state index contributed by atoms with van der Waals surface area (Å²) in [5.41, 5.74) is 5.34. The number of rotatable bonds is 10. The summed E-state index contributed by atoms with van der Waals surface area (Å²) in [5.74, 6) is 1.63. The summed E-state index contributed by atoms with van der Waals surface area (Å²) in [5, 5.41) is 19.6. The molecule has 0 aliphatic heterocycles. The maximum absolute atomic E-state index is 11.1. The van der Waals surface area contributed by atoms with Crippen LogP contribution in [-0.2, 0) is 0 Å². The van der Waals surface area contributed by atoms with Crippen LogP contribution in [0.3, 0.4) is 0 Å². The zero-order valence-electron chi connectivity index (χ0n) is 20.7. The van der Waals surface area contributed by atoms with Crippen LogP contribution in [0.15, 0.2) is 101 Å². The van der Waals surface area contributed by atoms with E-state index < -0.39 is 5.97 Å². The number of carboxylic acid groups (broad SMARTS) is 1. The molecule has 0 atom stereocenters. The van der Waals surface area contributed by atoms with E-state index in [4.69, 9.17) is 14.3 Å². The topological polar surface area (TPSA) is 147 Å². The number of nitrogens with zero attached hydrogens (tertiary/aromatic N) is 4. The molecule has 0 radical (unpaired) electrons. The highest BCUT2D eigenvalue weighted by Gasteiger charge is 2.09. The van der Waals surface area contributed by atoms with Gasteiger partial charge >= 0.3 is 5.97 Å². The van der Waals surface area contributed by atoms with E-state index in [0.717, 1.165) is 22.7 Å². The largest absolute Gasteiger partial charge is 0.497 e. The van der Waals surface area contributed by atoms with Gasteiger partial charge in [0.2, 0.25) is 17.8 Å². The molecule has 39 heavy (non-hydrogen) atoms. The van der Waals surface area contributed by atoms with Crippen molar-refractivity contribution in [3.05, 3.63) is 102 Å². The molecule has 194 valence electrons. The van der Waals surface area contributed by atoms with E-state index >= 15 is 0 Å². The van der Waals surface area contributed by atoms with E-state index in [1.807, 2.05) is 54.6 Å². The molecule has 0 aliphatic rings. The fourth-order valence-corrected chi connectivity index (χ4v) is 3.50. The molecular formula is C28H23N7O4. The average molecular weight is 522 g/mol. The summed E-state index contributed by atoms with van der Waals surface area (Å²) < 4.78 is 11.0. The lowest BCUT2D eigenvalue weighted by Crippen LogP contribution is -2.07. The number of carboxylic acids is 1. The lowest BCUT2D eigenvalue weighted by atomic mass is 10.1. The van der Waals surface area contributed by atoms with Crippen LogP contribution < -0.4 is 20.8 Å². The standard InChI is InChI=1S/C28H23N7O4/c1-38-22-13-11-21(12-14-22)31-27-32-26(30-20-5-3-2-4-6-20)33-28(34-27)35-29-17-23-15-16-24(39-23)18-7-9-19(10-8-18)25(36)37/h2-17H,1H3,(H,36,37)(H3,30,31,32,33,34,35). The number of hydrogen-bond acceptors (Lipinski definition) is 10. The second kappa shape index (κ2) is 11.6. The molecule has 2 aromatic heterocycles. The summed E-state index contributed by atoms with van der Waals surface area (Å²) in [4.78, 5) is 24.3. The second-order valence-corrected chi connectivity index (χ2v) is 8.11. The summed E-state index contributed by atoms with van der Waals surface area (Å²) in [6.45, 7) is 0. The van der Waals surface area contributed by atoms with E-state index in [9.17, 15) is 4.79 Å². The van der Waals surface area contributed by atoms with Crippen LogP contribution >= 0.6 is 0 Å². The monoisotopic (exact) mass is 521 g/mol. The number of methoxy groups -OCH3 is 1. The first kappa shape index (κ1) is 25.0. The maximum atomic E-state index is 11.1. The van der Waals surface area contributed by atoms with E-state index in [1.54, 1.807) is 31.4 Å². The minimum absolute atomic E-state index is 0.201. The number of furan rings is 1. The minimum atomic E-state index is -0.984. The van der Waals surface area contributed by atoms with Crippen LogP contribution in [0, 0.1) is 0 Å². The number of ether oxygens (including phenoxy) is 1. The van der Waals surface area contributed by atoms with Crippen molar-refractivity contribution in [3.63, 3.8) is 0 Å². The molecule has 11 nitrogen and oxygen atoms in total. The fraction of sp³-hybridized carbons (Fsp3) is 0.0357. The normalized spacial score (nSPS) is 10.8. The average Bonchev–Trinajstić information content (AvgIpc) is 3.43. The van der Waals surface area contributed by atoms with Gasteiger partial charge in [0.05, 0.1) is 18.9 Å². The highest BCUT2D eigenvalue weighted by atomic mass is 16.5. The van der Waals surface area contributed by atoms with Gasteiger partial charge in [-0.15, -0.1) is 0 Å². The van der Waals surface area contributed by atoms with E-state index in [-0.39, 0.29) is 11.5 Å². The van der Waals surface area contributed by atoms with Gasteiger partial charge in [0, 0.05) is 16.9 Å². The van der Waals surface area contributed by atoms with Crippen LogP contribution in [-0.4, -0.2) is 39.4 Å². The first-order valence-corrected chi connectivity index (χ1v) is 11.8. The zero-order valence-corrected chi connectivity index (χ0v) is 20.7. The molecule has 0 saturated carbocycles. The van der Waals surface area contributed by atoms with Crippen LogP contribution in [0.5, 0.6) is 5.75 Å². The molecule has 2 heterocycles. The van der Waals surface area contributed by atoms with Gasteiger partial charge in [-0.2, -0.15) is 20.1 Å². The summed E-state index contributed by atoms with van der Waals surface area (Å²) in [6.07, 6.45) is 1.49. The third kappa shape index (κ3) is 6.54. The van der Waals surface area contributed by atoms with Crippen LogP contribution in [0.4, 0.5) is 29.2 Å². The lowest BCUT2D eigenvalue weighted by Gasteiger charge is -2.10. The Bertz CT molecular complexity index is 1590. The van der Waals surface area contributed by atoms with Gasteiger partial charge < -0.3 is 24.9 Å². The van der Waals surface area contributed by atoms with Crippen LogP contribution in [0.25, 0.3) is 11.3 Å². The Kier molecular flexibility index (Phi) is 7.40. The smallest absolute Gasteiger partial charge is 0.335 e. The number of benzene rings is 3. The van der Waals surface area contributed by atoms with Gasteiger partial charge in [-0.3, -0.25) is 0 Å². The molecule has 0 aliphatic carbocycles. The highest BCUT2D eigenvalue weighted by Crippen LogP contribution is 2.23. The van der Waals surface area contributed by atoms with Crippen molar-refractivity contribution in [1.82, 2.24) is 15.0 Å². The van der Waals surface area contributed by atoms with E-state index in [0.29, 0.717) is 23.4 Å². The zero-order chi connectivity index (χ0) is 27.0. The number of aromatic nitrogens is 3. The predicted octanol–water partition coefficient (Wildman–Crippen LogP) is 5.77. The lowest BCUT2D eigenvalue weighted by molar-refractivity contribution is 0.0697. The Morgan fingerprint density at radius 3 is 2.10 bits per heavy atom.